The number of alkyl carbamates (subject to hydrolysis) is 1. The van der Waals surface area contributed by atoms with Crippen molar-refractivity contribution in [1.82, 2.24) is 5.32 Å². The highest BCUT2D eigenvalue weighted by Crippen LogP contribution is 2.17. The van der Waals surface area contributed by atoms with Gasteiger partial charge in [-0.25, -0.2) is 4.79 Å². The minimum atomic E-state index is -1.55. The second-order valence-electron chi connectivity index (χ2n) is 5.77. The van der Waals surface area contributed by atoms with Crippen molar-refractivity contribution in [2.24, 2.45) is 0 Å². The summed E-state index contributed by atoms with van der Waals surface area (Å²) >= 11 is 0. The molecule has 1 amide bonds. The molecule has 1 rings (SSSR count). The summed E-state index contributed by atoms with van der Waals surface area (Å²) in [5.74, 6) is 0. The molecule has 0 radical (unpaired) electrons. The van der Waals surface area contributed by atoms with Crippen LogP contribution in [0.5, 0.6) is 0 Å². The molecule has 5 nitrogen and oxygen atoms in total. The zero-order valence-corrected chi connectivity index (χ0v) is 12.7. The van der Waals surface area contributed by atoms with E-state index in [0.717, 1.165) is 5.56 Å². The average Bonchev–Trinajstić information content (AvgIpc) is 2.36. The van der Waals surface area contributed by atoms with Gasteiger partial charge in [-0.15, -0.1) is 6.58 Å². The fourth-order valence-electron chi connectivity index (χ4n) is 1.83. The van der Waals surface area contributed by atoms with Crippen LogP contribution in [0.1, 0.15) is 38.8 Å². The second-order valence-corrected chi connectivity index (χ2v) is 5.77. The number of ether oxygens (including phenoxy) is 1. The Labute approximate surface area is 125 Å². The Kier molecular flexibility index (Phi) is 5.99. The monoisotopic (exact) mass is 291 g/mol. The summed E-state index contributed by atoms with van der Waals surface area (Å²) in [5, 5.41) is 21.2. The highest BCUT2D eigenvalue weighted by molar-refractivity contribution is 6.58. The van der Waals surface area contributed by atoms with Crippen LogP contribution in [-0.4, -0.2) is 28.9 Å². The quantitative estimate of drug-likeness (QED) is 0.567. The summed E-state index contributed by atoms with van der Waals surface area (Å²) in [6.07, 6.45) is 1.66. The van der Waals surface area contributed by atoms with Gasteiger partial charge in [0.05, 0.1) is 6.04 Å². The standard InChI is InChI=1S/C15H22BNO4/c1-5-7-13(17-14(18)21-15(2,3)4)11-8-6-9-12(10-11)16(19)20/h5-6,8-10,13,19-20H,1,7H2,2-4H3,(H,17,18)/t13-/m0/s1. The summed E-state index contributed by atoms with van der Waals surface area (Å²) in [6.45, 7) is 9.04. The van der Waals surface area contributed by atoms with Gasteiger partial charge in [0.2, 0.25) is 0 Å². The molecule has 0 saturated carbocycles. The van der Waals surface area contributed by atoms with E-state index in [1.54, 1.807) is 51.1 Å². The topological polar surface area (TPSA) is 78.8 Å². The maximum Gasteiger partial charge on any atom is 0.488 e. The Morgan fingerprint density at radius 1 is 1.48 bits per heavy atom. The molecule has 0 aliphatic heterocycles. The maximum absolute atomic E-state index is 11.9. The van der Waals surface area contributed by atoms with Gasteiger partial charge in [0, 0.05) is 0 Å². The van der Waals surface area contributed by atoms with Crippen molar-refractivity contribution in [3.63, 3.8) is 0 Å². The molecule has 0 aromatic heterocycles. The first-order valence-electron chi connectivity index (χ1n) is 6.79. The summed E-state index contributed by atoms with van der Waals surface area (Å²) < 4.78 is 5.23. The van der Waals surface area contributed by atoms with Crippen molar-refractivity contribution >= 4 is 18.7 Å². The highest BCUT2D eigenvalue weighted by Gasteiger charge is 2.21. The van der Waals surface area contributed by atoms with Crippen LogP contribution in [0.3, 0.4) is 0 Å². The van der Waals surface area contributed by atoms with Crippen molar-refractivity contribution < 1.29 is 19.6 Å². The molecule has 6 heteroatoms. The van der Waals surface area contributed by atoms with Crippen molar-refractivity contribution in [3.05, 3.63) is 42.5 Å². The molecule has 0 fully saturated rings. The van der Waals surface area contributed by atoms with Gasteiger partial charge < -0.3 is 20.1 Å². The largest absolute Gasteiger partial charge is 0.488 e. The van der Waals surface area contributed by atoms with E-state index < -0.39 is 18.8 Å². The van der Waals surface area contributed by atoms with Crippen LogP contribution in [0, 0.1) is 0 Å². The van der Waals surface area contributed by atoms with E-state index in [1.165, 1.54) is 0 Å². The van der Waals surface area contributed by atoms with Crippen LogP contribution >= 0.6 is 0 Å². The molecule has 0 spiro atoms. The minimum absolute atomic E-state index is 0.337. The summed E-state index contributed by atoms with van der Waals surface area (Å²) in [4.78, 5) is 11.9. The third-order valence-electron chi connectivity index (χ3n) is 2.70. The number of carbonyl (C=O) groups excluding carboxylic acids is 1. The number of carbonyl (C=O) groups is 1. The van der Waals surface area contributed by atoms with Crippen LogP contribution < -0.4 is 10.8 Å². The molecular formula is C15H22BNO4. The van der Waals surface area contributed by atoms with E-state index in [2.05, 4.69) is 11.9 Å². The molecular weight excluding hydrogens is 269 g/mol. The zero-order chi connectivity index (χ0) is 16.0. The van der Waals surface area contributed by atoms with Gasteiger partial charge in [-0.2, -0.15) is 0 Å². The molecule has 0 aliphatic rings. The average molecular weight is 291 g/mol. The zero-order valence-electron chi connectivity index (χ0n) is 12.7. The van der Waals surface area contributed by atoms with E-state index in [0.29, 0.717) is 11.9 Å². The van der Waals surface area contributed by atoms with E-state index in [4.69, 9.17) is 4.74 Å². The third kappa shape index (κ3) is 6.02. The lowest BCUT2D eigenvalue weighted by molar-refractivity contribution is 0.0504. The first-order chi connectivity index (χ1) is 9.73. The van der Waals surface area contributed by atoms with Crippen LogP contribution in [-0.2, 0) is 4.74 Å². The Balaban J connectivity index is 2.88. The van der Waals surface area contributed by atoms with E-state index in [9.17, 15) is 14.8 Å². The molecule has 0 unspecified atom stereocenters. The van der Waals surface area contributed by atoms with E-state index in [1.807, 2.05) is 0 Å². The molecule has 1 atom stereocenters. The smallest absolute Gasteiger partial charge is 0.444 e. The first kappa shape index (κ1) is 17.3. The van der Waals surface area contributed by atoms with Crippen molar-refractivity contribution in [2.75, 3.05) is 0 Å². The summed E-state index contributed by atoms with van der Waals surface area (Å²) in [5.41, 5.74) is 0.547. The highest BCUT2D eigenvalue weighted by atomic mass is 16.6. The molecule has 1 aromatic rings. The van der Waals surface area contributed by atoms with Crippen LogP contribution in [0.15, 0.2) is 36.9 Å². The SMILES string of the molecule is C=CC[C@H](NC(=O)OC(C)(C)C)c1cccc(B(O)O)c1. The summed E-state index contributed by atoms with van der Waals surface area (Å²) in [7, 11) is -1.55. The normalized spacial score (nSPS) is 12.4. The van der Waals surface area contributed by atoms with Gasteiger partial charge in [-0.1, -0.05) is 30.3 Å². The molecule has 0 heterocycles. The lowest BCUT2D eigenvalue weighted by Gasteiger charge is -2.23. The van der Waals surface area contributed by atoms with Crippen LogP contribution in [0.2, 0.25) is 0 Å². The lowest BCUT2D eigenvalue weighted by atomic mass is 9.79. The first-order valence-corrected chi connectivity index (χ1v) is 6.79. The van der Waals surface area contributed by atoms with Gasteiger partial charge in [-0.3, -0.25) is 0 Å². The van der Waals surface area contributed by atoms with Crippen LogP contribution in [0.25, 0.3) is 0 Å². The Morgan fingerprint density at radius 2 is 2.14 bits per heavy atom. The number of hydrogen-bond donors (Lipinski definition) is 3. The molecule has 0 aliphatic carbocycles. The number of nitrogens with one attached hydrogen (secondary N) is 1. The number of amides is 1. The van der Waals surface area contributed by atoms with Crippen LogP contribution in [0.4, 0.5) is 4.79 Å². The molecule has 114 valence electrons. The summed E-state index contributed by atoms with van der Waals surface area (Å²) in [6, 6.07) is 6.41. The van der Waals surface area contributed by atoms with Gasteiger partial charge >= 0.3 is 13.2 Å². The number of rotatable bonds is 5. The Morgan fingerprint density at radius 3 is 2.67 bits per heavy atom. The van der Waals surface area contributed by atoms with Crippen molar-refractivity contribution in [1.29, 1.82) is 0 Å². The van der Waals surface area contributed by atoms with E-state index >= 15 is 0 Å². The minimum Gasteiger partial charge on any atom is -0.444 e. The molecule has 3 N–H and O–H groups in total. The molecule has 0 bridgehead atoms. The lowest BCUT2D eigenvalue weighted by Crippen LogP contribution is -2.36. The maximum atomic E-state index is 11.9. The van der Waals surface area contributed by atoms with Gasteiger partial charge in [0.1, 0.15) is 5.60 Å². The predicted octanol–water partition coefficient (Wildman–Crippen LogP) is 1.51. The van der Waals surface area contributed by atoms with Gasteiger partial charge in [0.25, 0.3) is 0 Å². The fraction of sp³-hybridized carbons (Fsp3) is 0.400. The van der Waals surface area contributed by atoms with Crippen molar-refractivity contribution in [2.45, 2.75) is 38.8 Å². The van der Waals surface area contributed by atoms with Gasteiger partial charge in [0.15, 0.2) is 0 Å². The van der Waals surface area contributed by atoms with Gasteiger partial charge in [-0.05, 0) is 38.2 Å². The second kappa shape index (κ2) is 7.29. The fourth-order valence-corrected chi connectivity index (χ4v) is 1.83. The molecule has 1 aromatic carbocycles. The Hall–Kier alpha value is -1.79. The predicted molar refractivity (Wildman–Crippen MR) is 83.2 cm³/mol. The number of benzene rings is 1. The molecule has 0 saturated heterocycles. The third-order valence-corrected chi connectivity index (χ3v) is 2.70. The molecule has 21 heavy (non-hydrogen) atoms. The number of hydrogen-bond acceptors (Lipinski definition) is 4. The van der Waals surface area contributed by atoms with Crippen molar-refractivity contribution in [3.8, 4) is 0 Å². The van der Waals surface area contributed by atoms with E-state index in [-0.39, 0.29) is 6.04 Å². The Bertz CT molecular complexity index is 497.